The Labute approximate surface area is 85.2 Å². The molecule has 1 aromatic rings. The lowest BCUT2D eigenvalue weighted by Gasteiger charge is -2.01. The van der Waals surface area contributed by atoms with Crippen LogP contribution in [0.3, 0.4) is 0 Å². The van der Waals surface area contributed by atoms with Gasteiger partial charge in [-0.05, 0) is 34.5 Å². The van der Waals surface area contributed by atoms with E-state index >= 15 is 0 Å². The Morgan fingerprint density at radius 1 is 1.46 bits per heavy atom. The zero-order chi connectivity index (χ0) is 9.47. The van der Waals surface area contributed by atoms with Gasteiger partial charge in [0.15, 0.2) is 14.5 Å². The monoisotopic (exact) mass is 264 g/mol. The molecular formula is C8H9BrO3S. The molecule has 5 heteroatoms. The third-order valence-electron chi connectivity index (χ3n) is 2.23. The van der Waals surface area contributed by atoms with Crippen molar-refractivity contribution in [1.82, 2.24) is 0 Å². The zero-order valence-electron chi connectivity index (χ0n) is 6.86. The lowest BCUT2D eigenvalue weighted by atomic mass is 10.1. The van der Waals surface area contributed by atoms with E-state index in [-0.39, 0.29) is 17.4 Å². The van der Waals surface area contributed by atoms with Crippen molar-refractivity contribution < 1.29 is 12.8 Å². The number of hydrogen-bond donors (Lipinski definition) is 0. The van der Waals surface area contributed by atoms with E-state index in [0.29, 0.717) is 11.1 Å². The fourth-order valence-electron chi connectivity index (χ4n) is 1.57. The van der Waals surface area contributed by atoms with Gasteiger partial charge in [-0.25, -0.2) is 8.42 Å². The smallest absolute Gasteiger partial charge is 0.169 e. The van der Waals surface area contributed by atoms with Gasteiger partial charge in [0.1, 0.15) is 5.76 Å². The second-order valence-electron chi connectivity index (χ2n) is 3.24. The molecule has 3 nitrogen and oxygen atoms in total. The molecule has 1 fully saturated rings. The first kappa shape index (κ1) is 9.27. The van der Waals surface area contributed by atoms with E-state index in [1.807, 2.05) is 6.07 Å². The molecule has 1 unspecified atom stereocenters. The number of sulfone groups is 1. The van der Waals surface area contributed by atoms with Gasteiger partial charge in [0.25, 0.3) is 0 Å². The van der Waals surface area contributed by atoms with Gasteiger partial charge in [0.2, 0.25) is 0 Å². The van der Waals surface area contributed by atoms with Crippen LogP contribution in [0.4, 0.5) is 0 Å². The van der Waals surface area contributed by atoms with Crippen LogP contribution in [-0.4, -0.2) is 19.9 Å². The van der Waals surface area contributed by atoms with Gasteiger partial charge in [-0.1, -0.05) is 0 Å². The molecule has 0 bridgehead atoms. The second kappa shape index (κ2) is 3.13. The van der Waals surface area contributed by atoms with Crippen molar-refractivity contribution in [2.45, 2.75) is 12.3 Å². The summed E-state index contributed by atoms with van der Waals surface area (Å²) < 4.78 is 28.3. The molecule has 0 aliphatic carbocycles. The summed E-state index contributed by atoms with van der Waals surface area (Å²) >= 11 is 3.19. The minimum atomic E-state index is -2.81. The fraction of sp³-hybridized carbons (Fsp3) is 0.500. The van der Waals surface area contributed by atoms with Gasteiger partial charge in [0, 0.05) is 5.92 Å². The topological polar surface area (TPSA) is 47.3 Å². The van der Waals surface area contributed by atoms with Gasteiger partial charge in [-0.15, -0.1) is 0 Å². The Morgan fingerprint density at radius 2 is 2.23 bits per heavy atom. The summed E-state index contributed by atoms with van der Waals surface area (Å²) in [6, 6.07) is 3.62. The van der Waals surface area contributed by atoms with Gasteiger partial charge in [0.05, 0.1) is 11.5 Å². The van der Waals surface area contributed by atoms with Crippen molar-refractivity contribution in [3.8, 4) is 0 Å². The van der Waals surface area contributed by atoms with E-state index in [1.54, 1.807) is 6.07 Å². The molecule has 1 atom stereocenters. The van der Waals surface area contributed by atoms with Gasteiger partial charge >= 0.3 is 0 Å². The number of halogens is 1. The standard InChI is InChI=1S/C8H9BrO3S/c9-8-2-1-7(12-8)6-3-4-13(10,11)5-6/h1-2,6H,3-5H2. The van der Waals surface area contributed by atoms with Crippen LogP contribution in [0, 0.1) is 0 Å². The first-order valence-corrected chi connectivity index (χ1v) is 6.64. The van der Waals surface area contributed by atoms with Crippen molar-refractivity contribution in [1.29, 1.82) is 0 Å². The summed E-state index contributed by atoms with van der Waals surface area (Å²) in [7, 11) is -2.81. The van der Waals surface area contributed by atoms with Crippen molar-refractivity contribution in [2.75, 3.05) is 11.5 Å². The predicted octanol–water partition coefficient (Wildman–Crippen LogP) is 1.94. The molecule has 1 aliphatic rings. The van der Waals surface area contributed by atoms with Crippen molar-refractivity contribution in [3.63, 3.8) is 0 Å². The molecule has 1 saturated heterocycles. The first-order chi connectivity index (χ1) is 6.07. The van der Waals surface area contributed by atoms with Crippen molar-refractivity contribution >= 4 is 25.8 Å². The summed E-state index contributed by atoms with van der Waals surface area (Å²) in [6.07, 6.45) is 0.683. The molecular weight excluding hydrogens is 256 g/mol. The SMILES string of the molecule is O=S1(=O)CCC(c2ccc(Br)o2)C1. The average molecular weight is 265 g/mol. The van der Waals surface area contributed by atoms with Crippen LogP contribution in [0.15, 0.2) is 21.2 Å². The highest BCUT2D eigenvalue weighted by atomic mass is 79.9. The quantitative estimate of drug-likeness (QED) is 0.779. The molecule has 72 valence electrons. The highest BCUT2D eigenvalue weighted by Crippen LogP contribution is 2.31. The zero-order valence-corrected chi connectivity index (χ0v) is 9.27. The summed E-state index contributed by atoms with van der Waals surface area (Å²) in [5.41, 5.74) is 0. The van der Waals surface area contributed by atoms with Gasteiger partial charge in [-0.3, -0.25) is 0 Å². The normalized spacial score (nSPS) is 26.4. The lowest BCUT2D eigenvalue weighted by Crippen LogP contribution is -2.02. The fourth-order valence-corrected chi connectivity index (χ4v) is 3.64. The maximum Gasteiger partial charge on any atom is 0.169 e. The third kappa shape index (κ3) is 1.96. The Morgan fingerprint density at radius 3 is 2.69 bits per heavy atom. The number of hydrogen-bond acceptors (Lipinski definition) is 3. The van der Waals surface area contributed by atoms with Crippen LogP contribution >= 0.6 is 15.9 Å². The summed E-state index contributed by atoms with van der Waals surface area (Å²) in [6.45, 7) is 0. The highest BCUT2D eigenvalue weighted by molar-refractivity contribution is 9.10. The van der Waals surface area contributed by atoms with Gasteiger partial charge < -0.3 is 4.42 Å². The third-order valence-corrected chi connectivity index (χ3v) is 4.42. The van der Waals surface area contributed by atoms with E-state index < -0.39 is 9.84 Å². The van der Waals surface area contributed by atoms with Gasteiger partial charge in [-0.2, -0.15) is 0 Å². The maximum atomic E-state index is 11.2. The minimum absolute atomic E-state index is 0.0521. The van der Waals surface area contributed by atoms with E-state index in [1.165, 1.54) is 0 Å². The van der Waals surface area contributed by atoms with Crippen molar-refractivity contribution in [3.05, 3.63) is 22.6 Å². The minimum Gasteiger partial charge on any atom is -0.454 e. The molecule has 13 heavy (non-hydrogen) atoms. The highest BCUT2D eigenvalue weighted by Gasteiger charge is 2.30. The molecule has 0 saturated carbocycles. The first-order valence-electron chi connectivity index (χ1n) is 4.02. The van der Waals surface area contributed by atoms with Crippen LogP contribution in [0.1, 0.15) is 18.1 Å². The molecule has 0 spiro atoms. The van der Waals surface area contributed by atoms with E-state index in [4.69, 9.17) is 4.42 Å². The van der Waals surface area contributed by atoms with E-state index in [0.717, 1.165) is 5.76 Å². The van der Waals surface area contributed by atoms with E-state index in [9.17, 15) is 8.42 Å². The number of furan rings is 1. The van der Waals surface area contributed by atoms with Crippen LogP contribution in [0.2, 0.25) is 0 Å². The van der Waals surface area contributed by atoms with Crippen LogP contribution < -0.4 is 0 Å². The number of rotatable bonds is 1. The Kier molecular flexibility index (Phi) is 2.23. The molecule has 2 heterocycles. The van der Waals surface area contributed by atoms with E-state index in [2.05, 4.69) is 15.9 Å². The van der Waals surface area contributed by atoms with Crippen LogP contribution in [0.25, 0.3) is 0 Å². The average Bonchev–Trinajstić information content (AvgIpc) is 2.56. The second-order valence-corrected chi connectivity index (χ2v) is 6.25. The summed E-state index contributed by atoms with van der Waals surface area (Å²) in [4.78, 5) is 0. The molecule has 0 N–H and O–H groups in total. The van der Waals surface area contributed by atoms with Crippen LogP contribution in [0.5, 0.6) is 0 Å². The molecule has 1 aliphatic heterocycles. The lowest BCUT2D eigenvalue weighted by molar-refractivity contribution is 0.459. The molecule has 0 amide bonds. The summed E-state index contributed by atoms with van der Waals surface area (Å²) in [5, 5.41) is 0. The Hall–Kier alpha value is -0.290. The molecule has 1 aromatic heterocycles. The largest absolute Gasteiger partial charge is 0.454 e. The Balaban J connectivity index is 2.21. The Bertz CT molecular complexity index is 407. The maximum absolute atomic E-state index is 11.2. The molecule has 2 rings (SSSR count). The molecule has 0 aromatic carbocycles. The molecule has 0 radical (unpaired) electrons. The van der Waals surface area contributed by atoms with Crippen LogP contribution in [-0.2, 0) is 9.84 Å². The van der Waals surface area contributed by atoms with Crippen molar-refractivity contribution in [2.24, 2.45) is 0 Å². The predicted molar refractivity (Wildman–Crippen MR) is 52.4 cm³/mol. The summed E-state index contributed by atoms with van der Waals surface area (Å²) in [5.74, 6) is 1.34.